The molecule has 1 aromatic carbocycles. The van der Waals surface area contributed by atoms with Crippen LogP contribution in [0.2, 0.25) is 0 Å². The third-order valence-electron chi connectivity index (χ3n) is 4.37. The molecule has 2 heterocycles. The summed E-state index contributed by atoms with van der Waals surface area (Å²) in [4.78, 5) is 33.1. The van der Waals surface area contributed by atoms with Gasteiger partial charge in [-0.05, 0) is 38.3 Å². The summed E-state index contributed by atoms with van der Waals surface area (Å²) < 4.78 is 0. The zero-order valence-electron chi connectivity index (χ0n) is 14.9. The van der Waals surface area contributed by atoms with Crippen LogP contribution in [0.3, 0.4) is 0 Å². The van der Waals surface area contributed by atoms with E-state index in [0.717, 1.165) is 0 Å². The number of carbonyl (C=O) groups is 2. The van der Waals surface area contributed by atoms with Gasteiger partial charge in [-0.1, -0.05) is 24.1 Å². The van der Waals surface area contributed by atoms with E-state index in [4.69, 9.17) is 0 Å². The number of rotatable bonds is 2. The van der Waals surface area contributed by atoms with Crippen molar-refractivity contribution in [3.8, 4) is 11.8 Å². The van der Waals surface area contributed by atoms with E-state index >= 15 is 0 Å². The average molecular weight is 351 g/mol. The summed E-state index contributed by atoms with van der Waals surface area (Å²) in [6, 6.07) is 8.84. The molecule has 0 aliphatic carbocycles. The Morgan fingerprint density at radius 3 is 2.62 bits per heavy atom. The van der Waals surface area contributed by atoms with Crippen LogP contribution < -0.4 is 0 Å². The zero-order valence-corrected chi connectivity index (χ0v) is 14.9. The fourth-order valence-electron chi connectivity index (χ4n) is 3.09. The minimum atomic E-state index is -0.292. The second-order valence-electron chi connectivity index (χ2n) is 6.12. The van der Waals surface area contributed by atoms with Gasteiger partial charge in [-0.25, -0.2) is 4.98 Å². The summed E-state index contributed by atoms with van der Waals surface area (Å²) in [5.41, 5.74) is 0.609. The predicted molar refractivity (Wildman–Crippen MR) is 96.0 cm³/mol. The highest BCUT2D eigenvalue weighted by Crippen LogP contribution is 2.26. The smallest absolute Gasteiger partial charge is 0.298 e. The van der Waals surface area contributed by atoms with Crippen LogP contribution in [0.4, 0.5) is 0 Å². The molecule has 0 bridgehead atoms. The van der Waals surface area contributed by atoms with Crippen molar-refractivity contribution >= 4 is 11.8 Å². The molecule has 3 rings (SSSR count). The van der Waals surface area contributed by atoms with Crippen LogP contribution in [0.1, 0.15) is 41.4 Å². The first-order valence-corrected chi connectivity index (χ1v) is 8.56. The highest BCUT2D eigenvalue weighted by molar-refractivity contribution is 5.95. The van der Waals surface area contributed by atoms with Crippen molar-refractivity contribution in [2.24, 2.45) is 0 Å². The molecule has 1 atom stereocenters. The third-order valence-corrected chi connectivity index (χ3v) is 4.37. The molecule has 0 saturated carbocycles. The first-order valence-electron chi connectivity index (χ1n) is 8.56. The van der Waals surface area contributed by atoms with Crippen molar-refractivity contribution in [2.45, 2.75) is 26.3 Å². The molecule has 2 aromatic rings. The molecule has 0 radical (unpaired) electrons. The van der Waals surface area contributed by atoms with E-state index in [0.29, 0.717) is 43.3 Å². The molecule has 1 N–H and O–H groups in total. The number of aromatic amines is 1. The molecule has 0 spiro atoms. The molecule has 1 aliphatic heterocycles. The minimum absolute atomic E-state index is 0.0890. The Balaban J connectivity index is 1.90. The minimum Gasteiger partial charge on any atom is -0.330 e. The SMILES string of the molecule is CC#CC(=O)N1CCC(c2n[nH]c(C)n2)N(C(=O)c2ccccc2)CC1. The van der Waals surface area contributed by atoms with Gasteiger partial charge >= 0.3 is 0 Å². The molecule has 1 aromatic heterocycles. The Kier molecular flexibility index (Phi) is 5.32. The van der Waals surface area contributed by atoms with Crippen LogP contribution >= 0.6 is 0 Å². The number of hydrogen-bond acceptors (Lipinski definition) is 4. The Morgan fingerprint density at radius 1 is 1.19 bits per heavy atom. The van der Waals surface area contributed by atoms with Gasteiger partial charge in [0.1, 0.15) is 5.82 Å². The number of nitrogens with zero attached hydrogens (tertiary/aromatic N) is 4. The lowest BCUT2D eigenvalue weighted by Gasteiger charge is -2.27. The first-order chi connectivity index (χ1) is 12.6. The molecule has 7 nitrogen and oxygen atoms in total. The molecule has 26 heavy (non-hydrogen) atoms. The largest absolute Gasteiger partial charge is 0.330 e. The van der Waals surface area contributed by atoms with Crippen molar-refractivity contribution in [1.82, 2.24) is 25.0 Å². The first kappa shape index (κ1) is 17.7. The van der Waals surface area contributed by atoms with Gasteiger partial charge in [0.15, 0.2) is 5.82 Å². The lowest BCUT2D eigenvalue weighted by Crippen LogP contribution is -2.38. The molecular weight excluding hydrogens is 330 g/mol. The van der Waals surface area contributed by atoms with Crippen molar-refractivity contribution in [2.75, 3.05) is 19.6 Å². The molecule has 1 aliphatic rings. The molecule has 1 saturated heterocycles. The normalized spacial score (nSPS) is 17.2. The summed E-state index contributed by atoms with van der Waals surface area (Å²) >= 11 is 0. The van der Waals surface area contributed by atoms with E-state index in [-0.39, 0.29) is 17.9 Å². The Morgan fingerprint density at radius 2 is 1.96 bits per heavy atom. The summed E-state index contributed by atoms with van der Waals surface area (Å²) in [5, 5.41) is 7.09. The van der Waals surface area contributed by atoms with Crippen LogP contribution in [-0.4, -0.2) is 56.4 Å². The zero-order chi connectivity index (χ0) is 18.5. The number of H-pyrrole nitrogens is 1. The van der Waals surface area contributed by atoms with E-state index in [1.165, 1.54) is 0 Å². The highest BCUT2D eigenvalue weighted by Gasteiger charge is 2.33. The van der Waals surface area contributed by atoms with E-state index in [9.17, 15) is 9.59 Å². The maximum Gasteiger partial charge on any atom is 0.298 e. The van der Waals surface area contributed by atoms with Gasteiger partial charge in [0.25, 0.3) is 11.8 Å². The lowest BCUT2D eigenvalue weighted by atomic mass is 10.1. The second-order valence-corrected chi connectivity index (χ2v) is 6.12. The van der Waals surface area contributed by atoms with Crippen LogP contribution in [0.25, 0.3) is 0 Å². The van der Waals surface area contributed by atoms with Gasteiger partial charge in [0, 0.05) is 25.2 Å². The monoisotopic (exact) mass is 351 g/mol. The summed E-state index contributed by atoms with van der Waals surface area (Å²) in [6.07, 6.45) is 0.563. The Bertz CT molecular complexity index is 850. The fraction of sp³-hybridized carbons (Fsp3) is 0.368. The van der Waals surface area contributed by atoms with Crippen LogP contribution in [0.5, 0.6) is 0 Å². The molecule has 1 unspecified atom stereocenters. The summed E-state index contributed by atoms with van der Waals surface area (Å²) in [7, 11) is 0. The van der Waals surface area contributed by atoms with Gasteiger partial charge in [-0.2, -0.15) is 5.10 Å². The second kappa shape index (κ2) is 7.83. The van der Waals surface area contributed by atoms with Crippen LogP contribution in [0, 0.1) is 18.8 Å². The number of amides is 2. The number of hydrogen-bond donors (Lipinski definition) is 1. The van der Waals surface area contributed by atoms with Gasteiger partial charge in [0.05, 0.1) is 6.04 Å². The van der Waals surface area contributed by atoms with E-state index in [1.54, 1.807) is 28.9 Å². The fourth-order valence-corrected chi connectivity index (χ4v) is 3.09. The quantitative estimate of drug-likeness (QED) is 0.833. The third kappa shape index (κ3) is 3.75. The predicted octanol–water partition coefficient (Wildman–Crippen LogP) is 1.55. The summed E-state index contributed by atoms with van der Waals surface area (Å²) in [5.74, 6) is 6.18. The Hall–Kier alpha value is -3.14. The maximum absolute atomic E-state index is 13.1. The molecule has 2 amide bonds. The van der Waals surface area contributed by atoms with E-state index < -0.39 is 0 Å². The molecule has 134 valence electrons. The molecule has 1 fully saturated rings. The van der Waals surface area contributed by atoms with Crippen molar-refractivity contribution in [3.05, 3.63) is 47.5 Å². The van der Waals surface area contributed by atoms with E-state index in [2.05, 4.69) is 27.0 Å². The van der Waals surface area contributed by atoms with Gasteiger partial charge in [-0.15, -0.1) is 0 Å². The molecular formula is C19H21N5O2. The van der Waals surface area contributed by atoms with Crippen molar-refractivity contribution in [3.63, 3.8) is 0 Å². The van der Waals surface area contributed by atoms with Crippen LogP contribution in [0.15, 0.2) is 30.3 Å². The maximum atomic E-state index is 13.1. The standard InChI is InChI=1S/C19H21N5O2/c1-3-7-17(25)23-11-10-16(18-20-14(2)21-22-18)24(13-12-23)19(26)15-8-5-4-6-9-15/h4-6,8-9,16H,10-13H2,1-2H3,(H,20,21,22). The van der Waals surface area contributed by atoms with Gasteiger partial charge in [0.2, 0.25) is 0 Å². The lowest BCUT2D eigenvalue weighted by molar-refractivity contribution is -0.125. The number of aromatic nitrogens is 3. The highest BCUT2D eigenvalue weighted by atomic mass is 16.2. The summed E-state index contributed by atoms with van der Waals surface area (Å²) in [6.45, 7) is 4.81. The van der Waals surface area contributed by atoms with Crippen molar-refractivity contribution < 1.29 is 9.59 Å². The number of aryl methyl sites for hydroxylation is 1. The van der Waals surface area contributed by atoms with Gasteiger partial charge < -0.3 is 9.80 Å². The van der Waals surface area contributed by atoms with E-state index in [1.807, 2.05) is 25.1 Å². The topological polar surface area (TPSA) is 82.2 Å². The number of nitrogens with one attached hydrogen (secondary N) is 1. The van der Waals surface area contributed by atoms with Gasteiger partial charge in [-0.3, -0.25) is 14.7 Å². The average Bonchev–Trinajstić information content (AvgIpc) is 2.96. The number of carbonyl (C=O) groups excluding carboxylic acids is 2. The molecule has 7 heteroatoms. The van der Waals surface area contributed by atoms with Crippen LogP contribution in [-0.2, 0) is 4.79 Å². The number of benzene rings is 1. The Labute approximate surface area is 152 Å². The van der Waals surface area contributed by atoms with Crippen molar-refractivity contribution in [1.29, 1.82) is 0 Å².